The summed E-state index contributed by atoms with van der Waals surface area (Å²) in [6.45, 7) is 8.08. The third-order valence-electron chi connectivity index (χ3n) is 9.19. The molecule has 3 N–H and O–H groups in total. The first kappa shape index (κ1) is 35.7. The summed E-state index contributed by atoms with van der Waals surface area (Å²) in [5.74, 6) is -3.61. The van der Waals surface area contributed by atoms with Crippen LogP contribution in [0.1, 0.15) is 74.8 Å². The van der Waals surface area contributed by atoms with Crippen molar-refractivity contribution >= 4 is 29.3 Å². The van der Waals surface area contributed by atoms with Gasteiger partial charge in [0.25, 0.3) is 12.0 Å². The lowest BCUT2D eigenvalue weighted by Crippen LogP contribution is -2.55. The minimum atomic E-state index is -1.72. The van der Waals surface area contributed by atoms with Crippen LogP contribution in [0, 0.1) is 11.7 Å². The van der Waals surface area contributed by atoms with Crippen molar-refractivity contribution in [2.24, 2.45) is 5.92 Å². The van der Waals surface area contributed by atoms with Crippen molar-refractivity contribution in [1.29, 1.82) is 0 Å². The lowest BCUT2D eigenvalue weighted by atomic mass is 9.81. The zero-order chi connectivity index (χ0) is 34.2. The highest BCUT2D eigenvalue weighted by Crippen LogP contribution is 2.34. The Morgan fingerprint density at radius 1 is 1.00 bits per heavy atom. The number of aromatic nitrogens is 2. The smallest absolute Gasteiger partial charge is 0.270 e. The van der Waals surface area contributed by atoms with Crippen LogP contribution in [0.2, 0.25) is 0 Å². The summed E-state index contributed by atoms with van der Waals surface area (Å²) in [6.07, 6.45) is 0.569. The molecule has 0 spiro atoms. The number of allylic oxidation sites excluding steroid dienone is 1. The maximum Gasteiger partial charge on any atom is 0.270 e. The summed E-state index contributed by atoms with van der Waals surface area (Å²) < 4.78 is 43.5. The van der Waals surface area contributed by atoms with E-state index in [1.807, 2.05) is 14.0 Å². The Morgan fingerprint density at radius 2 is 1.68 bits per heavy atom. The van der Waals surface area contributed by atoms with Gasteiger partial charge in [-0.2, -0.15) is 13.9 Å². The second-order valence-corrected chi connectivity index (χ2v) is 12.2. The van der Waals surface area contributed by atoms with Gasteiger partial charge in [0.2, 0.25) is 17.7 Å². The van der Waals surface area contributed by atoms with Crippen molar-refractivity contribution in [3.8, 4) is 0 Å². The Labute approximate surface area is 272 Å². The highest BCUT2D eigenvalue weighted by Gasteiger charge is 2.35. The number of carbonyl (C=O) groups excluding carboxylic acids is 4. The van der Waals surface area contributed by atoms with Gasteiger partial charge in [-0.3, -0.25) is 23.9 Å². The molecule has 1 aromatic carbocycles. The van der Waals surface area contributed by atoms with Crippen LogP contribution in [0.25, 0.3) is 0 Å². The van der Waals surface area contributed by atoms with Crippen LogP contribution in [-0.4, -0.2) is 88.5 Å². The maximum atomic E-state index is 15.6. The fourth-order valence-electron chi connectivity index (χ4n) is 6.12. The number of hydrogen-bond acceptors (Lipinski definition) is 6. The molecule has 2 heterocycles. The summed E-state index contributed by atoms with van der Waals surface area (Å²) in [5.41, 5.74) is 0.569. The summed E-state index contributed by atoms with van der Waals surface area (Å²) in [6, 6.07) is 3.65. The molecule has 14 heteroatoms. The number of aryl methyl sites for hydroxylation is 1. The van der Waals surface area contributed by atoms with Gasteiger partial charge in [0.15, 0.2) is 0 Å². The molecule has 2 fully saturated rings. The molecule has 4 rings (SSSR count). The molecule has 0 radical (unpaired) electrons. The Bertz CT molecular complexity index is 1470. The fraction of sp³-hybridized carbons (Fsp3) is 0.545. The normalized spacial score (nSPS) is 19.0. The SMILES string of the molecule is CCC(=O)N[C@@H](C(=O)N1CCN(C)CC1)[C@@H](C)c1ccc(NC(=O)C(NC(=O)c2ccnn2CC)C2CCC(=C(F)F)CC2)c(F)c1. The highest BCUT2D eigenvalue weighted by atomic mass is 19.3. The van der Waals surface area contributed by atoms with E-state index in [0.29, 0.717) is 38.3 Å². The first-order valence-electron chi connectivity index (χ1n) is 16.2. The molecule has 1 aliphatic heterocycles. The minimum absolute atomic E-state index is 0.0334. The molecule has 2 aliphatic rings. The van der Waals surface area contributed by atoms with Gasteiger partial charge in [-0.05, 0) is 74.9 Å². The molecule has 1 aromatic heterocycles. The number of rotatable bonds is 11. The topological polar surface area (TPSA) is 129 Å². The van der Waals surface area contributed by atoms with Gasteiger partial charge in [-0.25, -0.2) is 4.39 Å². The van der Waals surface area contributed by atoms with E-state index in [9.17, 15) is 28.0 Å². The first-order valence-corrected chi connectivity index (χ1v) is 16.2. The van der Waals surface area contributed by atoms with Gasteiger partial charge in [0.1, 0.15) is 23.6 Å². The van der Waals surface area contributed by atoms with Crippen LogP contribution in [0.15, 0.2) is 42.1 Å². The molecule has 11 nitrogen and oxygen atoms in total. The third-order valence-corrected chi connectivity index (χ3v) is 9.19. The highest BCUT2D eigenvalue weighted by molar-refractivity contribution is 6.00. The number of carbonyl (C=O) groups is 4. The molecular formula is C33H44F3N7O4. The molecule has 1 saturated heterocycles. The van der Waals surface area contributed by atoms with Crippen LogP contribution in [0.3, 0.4) is 0 Å². The Hall–Kier alpha value is -4.20. The van der Waals surface area contributed by atoms with Crippen molar-refractivity contribution in [3.63, 3.8) is 0 Å². The summed E-state index contributed by atoms with van der Waals surface area (Å²) in [7, 11) is 1.97. The Balaban J connectivity index is 1.53. The predicted octanol–water partition coefficient (Wildman–Crippen LogP) is 3.89. The lowest BCUT2D eigenvalue weighted by molar-refractivity contribution is -0.138. The number of halogens is 3. The van der Waals surface area contributed by atoms with Gasteiger partial charge in [-0.15, -0.1) is 0 Å². The van der Waals surface area contributed by atoms with Gasteiger partial charge in [0, 0.05) is 51.3 Å². The fourth-order valence-corrected chi connectivity index (χ4v) is 6.12. The predicted molar refractivity (Wildman–Crippen MR) is 170 cm³/mol. The zero-order valence-corrected chi connectivity index (χ0v) is 27.3. The molecule has 0 bridgehead atoms. The number of hydrogen-bond donors (Lipinski definition) is 3. The Morgan fingerprint density at radius 3 is 2.28 bits per heavy atom. The van der Waals surface area contributed by atoms with E-state index in [4.69, 9.17) is 0 Å². The van der Waals surface area contributed by atoms with Crippen molar-refractivity contribution in [1.82, 2.24) is 30.2 Å². The van der Waals surface area contributed by atoms with E-state index < -0.39 is 47.6 Å². The standard InChI is InChI=1S/C33H44F3N7O4/c1-5-27(44)39-28(33(47)42-17-15-41(4)16-18-42)20(3)23-11-12-25(24(34)19-23)38-32(46)29(21-7-9-22(10-8-21)30(35)36)40-31(45)26-13-14-37-43(26)6-2/h11-14,19-21,28-29H,5-10,15-18H2,1-4H3,(H,38,46)(H,39,44)(H,40,45)/t20-,28+,29?/m0/s1. The zero-order valence-electron chi connectivity index (χ0n) is 27.3. The van der Waals surface area contributed by atoms with Gasteiger partial charge >= 0.3 is 0 Å². The molecule has 3 atom stereocenters. The maximum absolute atomic E-state index is 15.6. The number of benzene rings is 1. The number of likely N-dealkylation sites (N-methyl/N-ethyl adjacent to an activating group) is 1. The molecule has 1 aliphatic carbocycles. The third kappa shape index (κ3) is 8.79. The van der Waals surface area contributed by atoms with E-state index in [1.165, 1.54) is 29.1 Å². The summed E-state index contributed by atoms with van der Waals surface area (Å²) in [4.78, 5) is 56.5. The van der Waals surface area contributed by atoms with Crippen molar-refractivity contribution in [2.45, 2.75) is 77.4 Å². The monoisotopic (exact) mass is 659 g/mol. The van der Waals surface area contributed by atoms with Crippen molar-refractivity contribution in [3.05, 3.63) is 59.2 Å². The number of anilines is 1. The van der Waals surface area contributed by atoms with Crippen LogP contribution >= 0.6 is 0 Å². The Kier molecular flexibility index (Phi) is 12.2. The molecule has 2 aromatic rings. The van der Waals surface area contributed by atoms with Crippen LogP contribution in [0.4, 0.5) is 18.9 Å². The molecule has 47 heavy (non-hydrogen) atoms. The molecular weight excluding hydrogens is 615 g/mol. The first-order chi connectivity index (χ1) is 22.4. The van der Waals surface area contributed by atoms with Crippen molar-refractivity contribution in [2.75, 3.05) is 38.5 Å². The lowest BCUT2D eigenvalue weighted by Gasteiger charge is -2.36. The van der Waals surface area contributed by atoms with Crippen molar-refractivity contribution < 1.29 is 32.3 Å². The number of amides is 4. The van der Waals surface area contributed by atoms with E-state index in [1.54, 1.807) is 24.8 Å². The van der Waals surface area contributed by atoms with E-state index in [-0.39, 0.29) is 60.9 Å². The van der Waals surface area contributed by atoms with Gasteiger partial charge < -0.3 is 25.8 Å². The second kappa shape index (κ2) is 16.1. The quantitative estimate of drug-likeness (QED) is 0.336. The summed E-state index contributed by atoms with van der Waals surface area (Å²) in [5, 5.41) is 12.2. The van der Waals surface area contributed by atoms with Gasteiger partial charge in [-0.1, -0.05) is 19.9 Å². The molecule has 4 amide bonds. The van der Waals surface area contributed by atoms with E-state index in [0.717, 1.165) is 0 Å². The molecule has 1 unspecified atom stereocenters. The number of nitrogens with zero attached hydrogens (tertiary/aromatic N) is 4. The molecule has 256 valence electrons. The van der Waals surface area contributed by atoms with E-state index in [2.05, 4.69) is 25.9 Å². The number of nitrogens with one attached hydrogen (secondary N) is 3. The summed E-state index contributed by atoms with van der Waals surface area (Å²) >= 11 is 0. The number of piperazine rings is 1. The average Bonchev–Trinajstić information content (AvgIpc) is 3.56. The second-order valence-electron chi connectivity index (χ2n) is 12.2. The minimum Gasteiger partial charge on any atom is -0.344 e. The van der Waals surface area contributed by atoms with Crippen LogP contribution < -0.4 is 16.0 Å². The molecule has 1 saturated carbocycles. The van der Waals surface area contributed by atoms with Crippen LogP contribution in [0.5, 0.6) is 0 Å². The van der Waals surface area contributed by atoms with Gasteiger partial charge in [0.05, 0.1) is 5.69 Å². The van der Waals surface area contributed by atoms with E-state index >= 15 is 4.39 Å². The largest absolute Gasteiger partial charge is 0.344 e. The van der Waals surface area contributed by atoms with Crippen LogP contribution in [-0.2, 0) is 20.9 Å². The average molecular weight is 660 g/mol.